The second-order valence-corrected chi connectivity index (χ2v) is 12.5. The van der Waals surface area contributed by atoms with Crippen molar-refractivity contribution in [2.75, 3.05) is 18.4 Å². The summed E-state index contributed by atoms with van der Waals surface area (Å²) in [4.78, 5) is 13.2. The van der Waals surface area contributed by atoms with Crippen LogP contribution in [-0.2, 0) is 19.9 Å². The first-order valence-electron chi connectivity index (χ1n) is 11.0. The lowest BCUT2D eigenvalue weighted by atomic mass is 10.2. The Kier molecular flexibility index (Phi) is 6.69. The minimum Gasteiger partial charge on any atom is -0.322 e. The van der Waals surface area contributed by atoms with Crippen molar-refractivity contribution < 1.29 is 21.6 Å². The van der Waals surface area contributed by atoms with Crippen LogP contribution in [-0.4, -0.2) is 45.4 Å². The van der Waals surface area contributed by atoms with E-state index in [1.165, 1.54) is 28.6 Å². The predicted octanol–water partition coefficient (Wildman–Crippen LogP) is 3.83. The first-order chi connectivity index (χ1) is 15.3. The number of hydrogen-bond acceptors (Lipinski definition) is 5. The summed E-state index contributed by atoms with van der Waals surface area (Å²) < 4.78 is 53.2. The van der Waals surface area contributed by atoms with E-state index in [2.05, 4.69) is 5.32 Å². The molecule has 9 heteroatoms. The summed E-state index contributed by atoms with van der Waals surface area (Å²) in [5, 5.41) is 2.37. The Bertz CT molecular complexity index is 1180. The molecule has 2 aromatic rings. The summed E-state index contributed by atoms with van der Waals surface area (Å²) in [7, 11) is -7.14. The van der Waals surface area contributed by atoms with Crippen LogP contribution in [0.1, 0.15) is 55.3 Å². The van der Waals surface area contributed by atoms with Crippen molar-refractivity contribution in [2.45, 2.75) is 60.0 Å². The molecule has 2 aliphatic rings. The fourth-order valence-electron chi connectivity index (χ4n) is 4.44. The monoisotopic (exact) mass is 476 g/mol. The van der Waals surface area contributed by atoms with Crippen molar-refractivity contribution in [1.29, 1.82) is 0 Å². The number of sulfone groups is 1. The van der Waals surface area contributed by atoms with Gasteiger partial charge in [0.25, 0.3) is 5.91 Å². The SMILES string of the molecule is O=C(Nc1ccc(S(=O)(=O)C2CCCC2)cc1)c1ccccc1S(=O)(=O)N1CCCCC1. The van der Waals surface area contributed by atoms with Crippen LogP contribution in [0.25, 0.3) is 0 Å². The number of carbonyl (C=O) groups excluding carboxylic acids is 1. The smallest absolute Gasteiger partial charge is 0.257 e. The van der Waals surface area contributed by atoms with Crippen molar-refractivity contribution in [3.8, 4) is 0 Å². The summed E-state index contributed by atoms with van der Waals surface area (Å²) in [6.07, 6.45) is 5.84. The molecule has 1 N–H and O–H groups in total. The summed E-state index contributed by atoms with van der Waals surface area (Å²) in [6, 6.07) is 12.3. The summed E-state index contributed by atoms with van der Waals surface area (Å²) >= 11 is 0. The Morgan fingerprint density at radius 1 is 0.812 bits per heavy atom. The quantitative estimate of drug-likeness (QED) is 0.683. The Morgan fingerprint density at radius 2 is 1.44 bits per heavy atom. The highest BCUT2D eigenvalue weighted by molar-refractivity contribution is 7.92. The third kappa shape index (κ3) is 4.60. The molecule has 1 saturated heterocycles. The van der Waals surface area contributed by atoms with Crippen LogP contribution in [0.3, 0.4) is 0 Å². The maximum absolute atomic E-state index is 13.1. The number of nitrogens with one attached hydrogen (secondary N) is 1. The third-order valence-electron chi connectivity index (χ3n) is 6.25. The molecule has 1 aliphatic carbocycles. The molecule has 1 heterocycles. The summed E-state index contributed by atoms with van der Waals surface area (Å²) in [5.74, 6) is -0.549. The molecule has 2 fully saturated rings. The van der Waals surface area contributed by atoms with Gasteiger partial charge in [0.1, 0.15) is 0 Å². The Hall–Kier alpha value is -2.23. The molecule has 1 saturated carbocycles. The third-order valence-corrected chi connectivity index (χ3v) is 10.5. The van der Waals surface area contributed by atoms with E-state index in [0.29, 0.717) is 31.6 Å². The van der Waals surface area contributed by atoms with E-state index in [1.54, 1.807) is 24.3 Å². The summed E-state index contributed by atoms with van der Waals surface area (Å²) in [6.45, 7) is 0.907. The highest BCUT2D eigenvalue weighted by Gasteiger charge is 2.31. The molecule has 0 spiro atoms. The van der Waals surface area contributed by atoms with E-state index in [1.807, 2.05) is 0 Å². The van der Waals surface area contributed by atoms with Crippen LogP contribution in [0.5, 0.6) is 0 Å². The van der Waals surface area contributed by atoms with E-state index < -0.39 is 25.8 Å². The number of hydrogen-bond donors (Lipinski definition) is 1. The van der Waals surface area contributed by atoms with E-state index in [9.17, 15) is 21.6 Å². The maximum atomic E-state index is 13.1. The number of carbonyl (C=O) groups is 1. The number of benzene rings is 2. The molecular formula is C23H28N2O5S2. The van der Waals surface area contributed by atoms with Gasteiger partial charge in [-0.3, -0.25) is 4.79 Å². The average molecular weight is 477 g/mol. The van der Waals surface area contributed by atoms with Gasteiger partial charge >= 0.3 is 0 Å². The van der Waals surface area contributed by atoms with Crippen LogP contribution >= 0.6 is 0 Å². The molecular weight excluding hydrogens is 448 g/mol. The van der Waals surface area contributed by atoms with Gasteiger partial charge in [0.05, 0.1) is 20.6 Å². The van der Waals surface area contributed by atoms with Gasteiger partial charge in [0.2, 0.25) is 10.0 Å². The van der Waals surface area contributed by atoms with Crippen molar-refractivity contribution in [3.63, 3.8) is 0 Å². The Morgan fingerprint density at radius 3 is 2.09 bits per heavy atom. The van der Waals surface area contributed by atoms with Gasteiger partial charge in [-0.25, -0.2) is 16.8 Å². The molecule has 0 unspecified atom stereocenters. The van der Waals surface area contributed by atoms with E-state index in [0.717, 1.165) is 32.1 Å². The van der Waals surface area contributed by atoms with Crippen molar-refractivity contribution in [3.05, 3.63) is 54.1 Å². The van der Waals surface area contributed by atoms with Gasteiger partial charge in [-0.2, -0.15) is 4.31 Å². The first-order valence-corrected chi connectivity index (χ1v) is 14.0. The van der Waals surface area contributed by atoms with Crippen LogP contribution in [0.15, 0.2) is 58.3 Å². The number of sulfonamides is 1. The van der Waals surface area contributed by atoms with Gasteiger partial charge in [0, 0.05) is 18.8 Å². The van der Waals surface area contributed by atoms with Crippen LogP contribution < -0.4 is 5.32 Å². The zero-order valence-electron chi connectivity index (χ0n) is 17.9. The average Bonchev–Trinajstić information content (AvgIpc) is 3.36. The molecule has 32 heavy (non-hydrogen) atoms. The lowest BCUT2D eigenvalue weighted by molar-refractivity contribution is 0.102. The minimum atomic E-state index is -3.77. The molecule has 0 atom stereocenters. The number of rotatable bonds is 6. The molecule has 1 aliphatic heterocycles. The molecule has 0 aromatic heterocycles. The molecule has 7 nitrogen and oxygen atoms in total. The maximum Gasteiger partial charge on any atom is 0.257 e. The van der Waals surface area contributed by atoms with Crippen molar-refractivity contribution in [1.82, 2.24) is 4.31 Å². The standard InChI is InChI=1S/C23H28N2O5S2/c26-23(21-10-4-5-11-22(21)32(29,30)25-16-6-1-7-17-25)24-18-12-14-20(15-13-18)31(27,28)19-8-2-3-9-19/h4-5,10-15,19H,1-3,6-9,16-17H2,(H,24,26). The largest absolute Gasteiger partial charge is 0.322 e. The normalized spacial score (nSPS) is 18.5. The number of amides is 1. The topological polar surface area (TPSA) is 101 Å². The molecule has 172 valence electrons. The second kappa shape index (κ2) is 9.33. The van der Waals surface area contributed by atoms with Crippen molar-refractivity contribution in [2.24, 2.45) is 0 Å². The Labute approximate surface area is 189 Å². The van der Waals surface area contributed by atoms with Gasteiger partial charge in [-0.05, 0) is 62.1 Å². The predicted molar refractivity (Wildman–Crippen MR) is 123 cm³/mol. The van der Waals surface area contributed by atoms with Gasteiger partial charge in [0.15, 0.2) is 9.84 Å². The van der Waals surface area contributed by atoms with Crippen LogP contribution in [0.2, 0.25) is 0 Å². The molecule has 1 amide bonds. The molecule has 4 rings (SSSR count). The second-order valence-electron chi connectivity index (χ2n) is 8.39. The van der Waals surface area contributed by atoms with E-state index in [4.69, 9.17) is 0 Å². The van der Waals surface area contributed by atoms with Crippen LogP contribution in [0.4, 0.5) is 5.69 Å². The molecule has 2 aromatic carbocycles. The lowest BCUT2D eigenvalue weighted by Gasteiger charge is -2.26. The minimum absolute atomic E-state index is 0.0140. The number of nitrogens with zero attached hydrogens (tertiary/aromatic N) is 1. The van der Waals surface area contributed by atoms with Gasteiger partial charge in [-0.1, -0.05) is 31.4 Å². The Balaban J connectivity index is 1.54. The lowest BCUT2D eigenvalue weighted by Crippen LogP contribution is -2.36. The van der Waals surface area contributed by atoms with Crippen LogP contribution in [0, 0.1) is 0 Å². The highest BCUT2D eigenvalue weighted by Crippen LogP contribution is 2.30. The zero-order chi connectivity index (χ0) is 22.8. The number of piperidine rings is 1. The van der Waals surface area contributed by atoms with E-state index in [-0.39, 0.29) is 20.6 Å². The summed E-state index contributed by atoms with van der Waals surface area (Å²) in [5.41, 5.74) is 0.478. The fourth-order valence-corrected chi connectivity index (χ4v) is 8.00. The van der Waals surface area contributed by atoms with Gasteiger partial charge < -0.3 is 5.32 Å². The highest BCUT2D eigenvalue weighted by atomic mass is 32.2. The molecule has 0 bridgehead atoms. The molecule has 0 radical (unpaired) electrons. The van der Waals surface area contributed by atoms with Crippen molar-refractivity contribution >= 4 is 31.5 Å². The van der Waals surface area contributed by atoms with E-state index >= 15 is 0 Å². The van der Waals surface area contributed by atoms with Gasteiger partial charge in [-0.15, -0.1) is 0 Å². The number of anilines is 1. The first kappa shape index (κ1) is 22.9. The fraction of sp³-hybridized carbons (Fsp3) is 0.435. The zero-order valence-corrected chi connectivity index (χ0v) is 19.5.